The smallest absolute Gasteiger partial charge is 0.375 e. The Kier molecular flexibility index (Phi) is 6.99. The minimum Gasteiger partial charge on any atom is -0.375 e. The second-order valence-electron chi connectivity index (χ2n) is 10.9. The van der Waals surface area contributed by atoms with E-state index in [1.54, 1.807) is 18.2 Å². The van der Waals surface area contributed by atoms with Gasteiger partial charge in [0.2, 0.25) is 0 Å². The van der Waals surface area contributed by atoms with E-state index in [2.05, 4.69) is 0 Å². The molecule has 4 aromatic rings. The number of benzene rings is 4. The van der Waals surface area contributed by atoms with Gasteiger partial charge in [0.1, 0.15) is 7.14 Å². The lowest BCUT2D eigenvalue weighted by molar-refractivity contribution is -0.0499. The van der Waals surface area contributed by atoms with E-state index < -0.39 is 28.5 Å². The lowest BCUT2D eigenvalue weighted by Gasteiger charge is -2.33. The van der Waals surface area contributed by atoms with Crippen LogP contribution in [0.4, 0.5) is 13.2 Å². The van der Waals surface area contributed by atoms with Crippen molar-refractivity contribution in [2.45, 2.75) is 68.2 Å². The second-order valence-corrected chi connectivity index (χ2v) is 15.8. The van der Waals surface area contributed by atoms with E-state index in [4.69, 9.17) is 4.18 Å². The molecular weight excluding hydrogens is 556 g/mol. The summed E-state index contributed by atoms with van der Waals surface area (Å²) in [5, 5.41) is 3.42. The normalized spacial score (nSPS) is 17.7. The molecule has 4 nitrogen and oxygen atoms in total. The lowest BCUT2D eigenvalue weighted by Crippen LogP contribution is -2.28. The van der Waals surface area contributed by atoms with E-state index in [9.17, 15) is 21.6 Å². The standard InChI is InChI=1S/C31H30F3O4PS/c32-31(33,34)40(36,37)38-27-19-17-21-9-1-7-15-25(21)29(27)30-26-16-8-2-10-22(26)18-20-28(30)39(35,23-11-3-4-12-23)24-13-5-6-14-24/h1-2,7-10,15-20,23-24H,3-6,11-14H2. The van der Waals surface area contributed by atoms with Gasteiger partial charge in [0.25, 0.3) is 0 Å². The Bertz CT molecular complexity index is 1720. The van der Waals surface area contributed by atoms with Crippen LogP contribution in [0.15, 0.2) is 72.8 Å². The van der Waals surface area contributed by atoms with E-state index in [0.29, 0.717) is 27.0 Å². The summed E-state index contributed by atoms with van der Waals surface area (Å²) in [6.07, 6.45) is 7.38. The van der Waals surface area contributed by atoms with Crippen molar-refractivity contribution < 1.29 is 30.3 Å². The highest BCUT2D eigenvalue weighted by Crippen LogP contribution is 2.65. The van der Waals surface area contributed by atoms with E-state index in [1.807, 2.05) is 48.5 Å². The van der Waals surface area contributed by atoms with Crippen LogP contribution < -0.4 is 9.49 Å². The van der Waals surface area contributed by atoms with E-state index in [1.165, 1.54) is 6.07 Å². The molecule has 0 bridgehead atoms. The summed E-state index contributed by atoms with van der Waals surface area (Å²) in [7, 11) is -9.04. The zero-order valence-electron chi connectivity index (χ0n) is 21.9. The molecule has 0 aromatic heterocycles. The van der Waals surface area contributed by atoms with E-state index in [0.717, 1.165) is 56.8 Å². The molecule has 2 saturated carbocycles. The summed E-state index contributed by atoms with van der Waals surface area (Å²) in [4.78, 5) is 0. The van der Waals surface area contributed by atoms with Gasteiger partial charge in [0, 0.05) is 27.7 Å². The van der Waals surface area contributed by atoms with Gasteiger partial charge >= 0.3 is 15.6 Å². The topological polar surface area (TPSA) is 60.4 Å². The largest absolute Gasteiger partial charge is 0.534 e. The summed E-state index contributed by atoms with van der Waals surface area (Å²) >= 11 is 0. The van der Waals surface area contributed by atoms with Crippen molar-refractivity contribution in [3.63, 3.8) is 0 Å². The summed E-state index contributed by atoms with van der Waals surface area (Å²) in [5.41, 5.74) is -4.86. The molecule has 2 fully saturated rings. The van der Waals surface area contributed by atoms with Gasteiger partial charge in [-0.25, -0.2) is 0 Å². The molecule has 0 aliphatic heterocycles. The third-order valence-corrected chi connectivity index (χ3v) is 13.9. The summed E-state index contributed by atoms with van der Waals surface area (Å²) in [5.74, 6) is -0.418. The summed E-state index contributed by atoms with van der Waals surface area (Å²) in [6, 6.07) is 21.3. The SMILES string of the molecule is O=P(c1ccc2ccccc2c1-c1c(OS(=O)(=O)C(F)(F)F)ccc2ccccc12)(C1CCCC1)C1CCCC1. The predicted molar refractivity (Wildman–Crippen MR) is 154 cm³/mol. The van der Waals surface area contributed by atoms with Crippen molar-refractivity contribution >= 4 is 44.1 Å². The number of fused-ring (bicyclic) bond motifs is 2. The Morgan fingerprint density at radius 3 is 1.68 bits per heavy atom. The van der Waals surface area contributed by atoms with Crippen LogP contribution in [0.3, 0.4) is 0 Å². The van der Waals surface area contributed by atoms with Crippen LogP contribution in [0.25, 0.3) is 32.7 Å². The second kappa shape index (κ2) is 10.2. The van der Waals surface area contributed by atoms with Gasteiger partial charge in [-0.15, -0.1) is 0 Å². The summed E-state index contributed by atoms with van der Waals surface area (Å²) < 4.78 is 85.7. The molecule has 0 unspecified atom stereocenters. The minimum atomic E-state index is -5.95. The third-order valence-electron chi connectivity index (χ3n) is 8.64. The molecule has 0 heterocycles. The molecule has 0 amide bonds. The van der Waals surface area contributed by atoms with Crippen LogP contribution >= 0.6 is 7.14 Å². The van der Waals surface area contributed by atoms with Crippen molar-refractivity contribution in [1.82, 2.24) is 0 Å². The first-order chi connectivity index (χ1) is 19.1. The number of alkyl halides is 3. The molecule has 40 heavy (non-hydrogen) atoms. The minimum absolute atomic E-state index is 0.00577. The number of rotatable bonds is 6. The van der Waals surface area contributed by atoms with Crippen LogP contribution in [0.2, 0.25) is 0 Å². The number of halogens is 3. The van der Waals surface area contributed by atoms with Gasteiger partial charge in [0.15, 0.2) is 5.75 Å². The molecule has 4 aromatic carbocycles. The Balaban J connectivity index is 1.73. The average Bonchev–Trinajstić information content (AvgIpc) is 3.67. The molecule has 0 atom stereocenters. The highest BCUT2D eigenvalue weighted by molar-refractivity contribution is 7.88. The lowest BCUT2D eigenvalue weighted by atomic mass is 9.93. The van der Waals surface area contributed by atoms with Crippen LogP contribution in [-0.4, -0.2) is 25.2 Å². The predicted octanol–water partition coefficient (Wildman–Crippen LogP) is 8.76. The Morgan fingerprint density at radius 2 is 1.15 bits per heavy atom. The van der Waals surface area contributed by atoms with Crippen LogP contribution in [0.1, 0.15) is 51.4 Å². The fourth-order valence-corrected chi connectivity index (χ4v) is 11.8. The van der Waals surface area contributed by atoms with Gasteiger partial charge in [0.05, 0.1) is 0 Å². The fraction of sp³-hybridized carbons (Fsp3) is 0.355. The average molecular weight is 587 g/mol. The molecule has 0 radical (unpaired) electrons. The first-order valence-corrected chi connectivity index (χ1v) is 17.0. The maximum absolute atomic E-state index is 15.6. The van der Waals surface area contributed by atoms with Crippen molar-refractivity contribution in [2.75, 3.05) is 0 Å². The zero-order valence-corrected chi connectivity index (χ0v) is 23.6. The zero-order chi connectivity index (χ0) is 28.1. The van der Waals surface area contributed by atoms with Crippen molar-refractivity contribution in [2.24, 2.45) is 0 Å². The molecule has 2 aliphatic rings. The Hall–Kier alpha value is -2.83. The quantitative estimate of drug-likeness (QED) is 0.129. The van der Waals surface area contributed by atoms with Crippen molar-refractivity contribution in [3.05, 3.63) is 72.8 Å². The number of hydrogen-bond acceptors (Lipinski definition) is 4. The van der Waals surface area contributed by atoms with Gasteiger partial charge in [-0.1, -0.05) is 92.4 Å². The Labute approximate surface area is 232 Å². The molecular formula is C31H30F3O4PS. The molecule has 0 N–H and O–H groups in total. The molecule has 0 spiro atoms. The maximum Gasteiger partial charge on any atom is 0.534 e. The number of hydrogen-bond donors (Lipinski definition) is 0. The van der Waals surface area contributed by atoms with Crippen molar-refractivity contribution in [3.8, 4) is 16.9 Å². The molecule has 2 aliphatic carbocycles. The maximum atomic E-state index is 15.6. The van der Waals surface area contributed by atoms with Crippen LogP contribution in [0.5, 0.6) is 5.75 Å². The van der Waals surface area contributed by atoms with Gasteiger partial charge < -0.3 is 8.75 Å². The van der Waals surface area contributed by atoms with Gasteiger partial charge in [-0.3, -0.25) is 0 Å². The molecule has 6 rings (SSSR count). The van der Waals surface area contributed by atoms with E-state index >= 15 is 4.57 Å². The molecule has 0 saturated heterocycles. The van der Waals surface area contributed by atoms with Crippen LogP contribution in [-0.2, 0) is 14.7 Å². The highest BCUT2D eigenvalue weighted by atomic mass is 32.2. The monoisotopic (exact) mass is 586 g/mol. The first kappa shape index (κ1) is 27.3. The Morgan fingerprint density at radius 1 is 0.675 bits per heavy atom. The first-order valence-electron chi connectivity index (χ1n) is 13.8. The van der Waals surface area contributed by atoms with Crippen molar-refractivity contribution in [1.29, 1.82) is 0 Å². The van der Waals surface area contributed by atoms with E-state index in [-0.39, 0.29) is 16.9 Å². The van der Waals surface area contributed by atoms with Gasteiger partial charge in [-0.05, 0) is 53.3 Å². The highest BCUT2D eigenvalue weighted by Gasteiger charge is 2.49. The summed E-state index contributed by atoms with van der Waals surface area (Å²) in [6.45, 7) is 0. The molecule has 9 heteroatoms. The third kappa shape index (κ3) is 4.53. The van der Waals surface area contributed by atoms with Crippen LogP contribution in [0, 0.1) is 0 Å². The molecule has 210 valence electrons. The van der Waals surface area contributed by atoms with Gasteiger partial charge in [-0.2, -0.15) is 21.6 Å². The fourth-order valence-electron chi connectivity index (χ4n) is 6.83.